The number of hydrogen-bond donors (Lipinski definition) is 0. The van der Waals surface area contributed by atoms with Crippen LogP contribution in [-0.4, -0.2) is 11.6 Å². The number of allylic oxidation sites excluding steroid dienone is 1. The quantitative estimate of drug-likeness (QED) is 0.663. The van der Waals surface area contributed by atoms with Crippen molar-refractivity contribution in [1.29, 1.82) is 0 Å². The predicted octanol–water partition coefficient (Wildman–Crippen LogP) is 5.50. The molecule has 138 valence electrons. The van der Waals surface area contributed by atoms with Crippen molar-refractivity contribution in [3.8, 4) is 0 Å². The summed E-state index contributed by atoms with van der Waals surface area (Å²) in [4.78, 5) is 24.6. The van der Waals surface area contributed by atoms with Crippen molar-refractivity contribution in [3.63, 3.8) is 0 Å². The number of ketones is 2. The zero-order valence-corrected chi connectivity index (χ0v) is 16.5. The van der Waals surface area contributed by atoms with E-state index in [4.69, 9.17) is 0 Å². The zero-order chi connectivity index (χ0) is 18.0. The average Bonchev–Trinajstić information content (AvgIpc) is 2.89. The normalized spacial score (nSPS) is 49.0. The first-order chi connectivity index (χ1) is 11.8. The number of hydrogen-bond acceptors (Lipinski definition) is 2. The summed E-state index contributed by atoms with van der Waals surface area (Å²) in [5.74, 6) is 2.95. The molecule has 0 radical (unpaired) electrons. The molecule has 0 aromatic carbocycles. The highest BCUT2D eigenvalue weighted by Crippen LogP contribution is 2.70. The summed E-state index contributed by atoms with van der Waals surface area (Å²) in [5.41, 5.74) is 1.80. The van der Waals surface area contributed by atoms with Crippen LogP contribution in [0.25, 0.3) is 0 Å². The lowest BCUT2D eigenvalue weighted by molar-refractivity contribution is -0.141. The van der Waals surface area contributed by atoms with Crippen LogP contribution in [0.2, 0.25) is 0 Å². The van der Waals surface area contributed by atoms with Gasteiger partial charge in [0.1, 0.15) is 5.78 Å². The zero-order valence-electron chi connectivity index (χ0n) is 16.5. The van der Waals surface area contributed by atoms with Gasteiger partial charge in [0, 0.05) is 11.8 Å². The Bertz CT molecular complexity index is 646. The Kier molecular flexibility index (Phi) is 3.87. The van der Waals surface area contributed by atoms with E-state index in [1.807, 2.05) is 13.0 Å². The van der Waals surface area contributed by atoms with Gasteiger partial charge >= 0.3 is 0 Å². The predicted molar refractivity (Wildman–Crippen MR) is 100 cm³/mol. The second-order valence-electron chi connectivity index (χ2n) is 9.96. The molecule has 0 unspecified atom stereocenters. The van der Waals surface area contributed by atoms with Gasteiger partial charge in [-0.3, -0.25) is 9.59 Å². The van der Waals surface area contributed by atoms with Crippen LogP contribution in [-0.2, 0) is 9.59 Å². The fourth-order valence-electron chi connectivity index (χ4n) is 8.10. The van der Waals surface area contributed by atoms with Crippen molar-refractivity contribution in [3.05, 3.63) is 11.6 Å². The van der Waals surface area contributed by atoms with Crippen LogP contribution in [0.15, 0.2) is 11.6 Å². The molecule has 0 spiro atoms. The van der Waals surface area contributed by atoms with Crippen molar-refractivity contribution in [2.75, 3.05) is 0 Å². The van der Waals surface area contributed by atoms with Crippen LogP contribution in [0.1, 0.15) is 85.5 Å². The summed E-state index contributed by atoms with van der Waals surface area (Å²) in [6.45, 7) is 8.97. The van der Waals surface area contributed by atoms with E-state index >= 15 is 0 Å². The van der Waals surface area contributed by atoms with E-state index in [1.165, 1.54) is 31.3 Å². The van der Waals surface area contributed by atoms with Crippen LogP contribution in [0.5, 0.6) is 0 Å². The Labute approximate surface area is 152 Å². The van der Waals surface area contributed by atoms with Gasteiger partial charge in [-0.05, 0) is 93.0 Å². The largest absolute Gasteiger partial charge is 0.299 e. The third-order valence-corrected chi connectivity index (χ3v) is 9.60. The van der Waals surface area contributed by atoms with Gasteiger partial charge in [-0.15, -0.1) is 0 Å². The number of carbonyl (C=O) groups is 2. The second-order valence-corrected chi connectivity index (χ2v) is 9.96. The minimum atomic E-state index is -0.0812. The lowest BCUT2D eigenvalue weighted by atomic mass is 9.44. The molecule has 0 heterocycles. The molecule has 3 saturated carbocycles. The lowest BCUT2D eigenvalue weighted by Crippen LogP contribution is -2.54. The standard InChI is InChI=1S/C23H34O2/c1-5-23(15(2)24)13-10-20-18-7-6-16-14-17(25)8-11-21(16,3)19(18)9-12-22(20,23)4/h14,18-20H,5-13H2,1-4H3/t18-,19+,20+,21+,22+,23-/m1/s1. The van der Waals surface area contributed by atoms with Gasteiger partial charge in [-0.25, -0.2) is 0 Å². The first-order valence-electron chi connectivity index (χ1n) is 10.5. The first kappa shape index (κ1) is 17.5. The summed E-state index contributed by atoms with van der Waals surface area (Å²) in [7, 11) is 0. The average molecular weight is 343 g/mol. The van der Waals surface area contributed by atoms with E-state index in [1.54, 1.807) is 0 Å². The molecule has 25 heavy (non-hydrogen) atoms. The highest BCUT2D eigenvalue weighted by atomic mass is 16.1. The Morgan fingerprint density at radius 2 is 1.80 bits per heavy atom. The monoisotopic (exact) mass is 342 g/mol. The molecule has 3 fully saturated rings. The smallest absolute Gasteiger partial charge is 0.155 e. The maximum absolute atomic E-state index is 12.7. The number of Topliss-reactive ketones (excluding diaryl/α,β-unsaturated/α-hetero) is 1. The van der Waals surface area contributed by atoms with Crippen molar-refractivity contribution in [1.82, 2.24) is 0 Å². The molecule has 2 heteroatoms. The van der Waals surface area contributed by atoms with Gasteiger partial charge in [-0.1, -0.05) is 26.3 Å². The van der Waals surface area contributed by atoms with Crippen molar-refractivity contribution in [2.45, 2.75) is 85.5 Å². The van der Waals surface area contributed by atoms with Crippen LogP contribution < -0.4 is 0 Å². The van der Waals surface area contributed by atoms with Gasteiger partial charge < -0.3 is 0 Å². The minimum Gasteiger partial charge on any atom is -0.299 e. The molecule has 0 bridgehead atoms. The summed E-state index contributed by atoms with van der Waals surface area (Å²) >= 11 is 0. The Hall–Kier alpha value is -0.920. The molecule has 0 amide bonds. The fourth-order valence-corrected chi connectivity index (χ4v) is 8.10. The van der Waals surface area contributed by atoms with E-state index in [-0.39, 0.29) is 16.2 Å². The SMILES string of the molecule is CC[C@]1(C(C)=O)CC[C@H]2[C@@H]3CCC4=CC(=O)CC[C@]4(C)[C@H]3CC[C@@]21C. The van der Waals surface area contributed by atoms with Crippen LogP contribution >= 0.6 is 0 Å². The molecular weight excluding hydrogens is 308 g/mol. The summed E-state index contributed by atoms with van der Waals surface area (Å²) in [6.07, 6.45) is 11.9. The Morgan fingerprint density at radius 3 is 2.48 bits per heavy atom. The lowest BCUT2D eigenvalue weighted by Gasteiger charge is -2.59. The number of fused-ring (bicyclic) bond motifs is 5. The first-order valence-corrected chi connectivity index (χ1v) is 10.5. The van der Waals surface area contributed by atoms with E-state index in [2.05, 4.69) is 20.8 Å². The van der Waals surface area contributed by atoms with Crippen molar-refractivity contribution < 1.29 is 9.59 Å². The van der Waals surface area contributed by atoms with Crippen LogP contribution in [0.3, 0.4) is 0 Å². The van der Waals surface area contributed by atoms with Crippen molar-refractivity contribution in [2.24, 2.45) is 34.0 Å². The molecule has 6 atom stereocenters. The molecule has 0 saturated heterocycles. The molecular formula is C23H34O2. The molecule has 4 rings (SSSR count). The maximum Gasteiger partial charge on any atom is 0.155 e. The fraction of sp³-hybridized carbons (Fsp3) is 0.826. The number of carbonyl (C=O) groups excluding carboxylic acids is 2. The van der Waals surface area contributed by atoms with Gasteiger partial charge in [0.15, 0.2) is 5.78 Å². The molecule has 0 aromatic rings. The van der Waals surface area contributed by atoms with Crippen LogP contribution in [0, 0.1) is 34.0 Å². The third-order valence-electron chi connectivity index (χ3n) is 9.60. The van der Waals surface area contributed by atoms with Crippen LogP contribution in [0.4, 0.5) is 0 Å². The Morgan fingerprint density at radius 1 is 1.08 bits per heavy atom. The maximum atomic E-state index is 12.7. The number of rotatable bonds is 2. The molecule has 2 nitrogen and oxygen atoms in total. The van der Waals surface area contributed by atoms with E-state index in [9.17, 15) is 9.59 Å². The van der Waals surface area contributed by atoms with E-state index in [0.29, 0.717) is 17.5 Å². The highest BCUT2D eigenvalue weighted by Gasteiger charge is 2.64. The summed E-state index contributed by atoms with van der Waals surface area (Å²) < 4.78 is 0. The van der Waals surface area contributed by atoms with E-state index < -0.39 is 0 Å². The second kappa shape index (κ2) is 5.54. The third kappa shape index (κ3) is 2.09. The Balaban J connectivity index is 1.70. The van der Waals surface area contributed by atoms with Gasteiger partial charge in [0.2, 0.25) is 0 Å². The van der Waals surface area contributed by atoms with E-state index in [0.717, 1.165) is 43.9 Å². The summed E-state index contributed by atoms with van der Waals surface area (Å²) in [5, 5.41) is 0. The molecule has 0 N–H and O–H groups in total. The highest BCUT2D eigenvalue weighted by molar-refractivity contribution is 5.91. The van der Waals surface area contributed by atoms with Gasteiger partial charge in [-0.2, -0.15) is 0 Å². The van der Waals surface area contributed by atoms with Gasteiger partial charge in [0.05, 0.1) is 0 Å². The molecule has 4 aliphatic carbocycles. The molecule has 0 aliphatic heterocycles. The molecule has 4 aliphatic rings. The topological polar surface area (TPSA) is 34.1 Å². The molecule has 0 aromatic heterocycles. The van der Waals surface area contributed by atoms with Gasteiger partial charge in [0.25, 0.3) is 0 Å². The van der Waals surface area contributed by atoms with Crippen molar-refractivity contribution >= 4 is 11.6 Å². The summed E-state index contributed by atoms with van der Waals surface area (Å²) in [6, 6.07) is 0. The minimum absolute atomic E-state index is 0.0812.